The van der Waals surface area contributed by atoms with E-state index < -0.39 is 0 Å². The number of amides is 1. The molecule has 2 aliphatic rings. The van der Waals surface area contributed by atoms with Crippen molar-refractivity contribution in [2.24, 2.45) is 0 Å². The minimum absolute atomic E-state index is 0.191. The van der Waals surface area contributed by atoms with Crippen molar-refractivity contribution in [1.29, 1.82) is 0 Å². The first kappa shape index (κ1) is 22.5. The van der Waals surface area contributed by atoms with E-state index in [-0.39, 0.29) is 11.8 Å². The number of nitrogens with zero attached hydrogens (tertiary/aromatic N) is 4. The topological polar surface area (TPSA) is 59.0 Å². The zero-order valence-corrected chi connectivity index (χ0v) is 19.9. The van der Waals surface area contributed by atoms with E-state index in [0.29, 0.717) is 12.2 Å². The highest BCUT2D eigenvalue weighted by Crippen LogP contribution is 2.36. The smallest absolute Gasteiger partial charge is 0.226 e. The van der Waals surface area contributed by atoms with Gasteiger partial charge in [0, 0.05) is 55.1 Å². The van der Waals surface area contributed by atoms with Gasteiger partial charge < -0.3 is 4.90 Å². The number of carbonyl (C=O) groups excluding carboxylic acids is 1. The van der Waals surface area contributed by atoms with E-state index in [1.54, 1.807) is 12.4 Å². The van der Waals surface area contributed by atoms with E-state index in [4.69, 9.17) is 9.97 Å². The van der Waals surface area contributed by atoms with Crippen LogP contribution in [0.3, 0.4) is 0 Å². The lowest BCUT2D eigenvalue weighted by atomic mass is 9.88. The third-order valence-electron chi connectivity index (χ3n) is 7.12. The molecule has 1 aliphatic heterocycles. The predicted molar refractivity (Wildman–Crippen MR) is 135 cm³/mol. The molecule has 1 aliphatic carbocycles. The third kappa shape index (κ3) is 4.93. The van der Waals surface area contributed by atoms with Crippen molar-refractivity contribution in [3.63, 3.8) is 0 Å². The van der Waals surface area contributed by atoms with Gasteiger partial charge in [-0.3, -0.25) is 9.78 Å². The number of likely N-dealkylation sites (tertiary alicyclic amines) is 1. The average molecular weight is 453 g/mol. The van der Waals surface area contributed by atoms with Crippen molar-refractivity contribution in [3.05, 3.63) is 77.9 Å². The van der Waals surface area contributed by atoms with Crippen molar-refractivity contribution in [2.75, 3.05) is 13.1 Å². The Morgan fingerprint density at radius 3 is 2.71 bits per heavy atom. The van der Waals surface area contributed by atoms with Gasteiger partial charge >= 0.3 is 0 Å². The summed E-state index contributed by atoms with van der Waals surface area (Å²) in [4.78, 5) is 29.2. The standard InChI is InChI=1S/C29H32N4O/c1-21-8-5-6-12-25(21)26-19-31-29(23-13-15-30-16-14-23)32-28(26)24-11-7-17-33(20-24)27(34)18-22-9-3-2-4-10-22/h5-6,8-9,12-16,19,24H,2-4,7,10-11,17-18,20H2,1H3. The largest absolute Gasteiger partial charge is 0.342 e. The fourth-order valence-electron chi connectivity index (χ4n) is 5.23. The molecule has 34 heavy (non-hydrogen) atoms. The number of piperidine rings is 1. The highest BCUT2D eigenvalue weighted by Gasteiger charge is 2.29. The maximum absolute atomic E-state index is 13.2. The molecule has 3 heterocycles. The number of benzene rings is 1. The van der Waals surface area contributed by atoms with E-state index in [1.807, 2.05) is 18.3 Å². The molecular formula is C29H32N4O. The van der Waals surface area contributed by atoms with Gasteiger partial charge in [0.15, 0.2) is 5.82 Å². The second-order valence-corrected chi connectivity index (χ2v) is 9.51. The molecule has 1 aromatic carbocycles. The number of hydrogen-bond donors (Lipinski definition) is 0. The van der Waals surface area contributed by atoms with Crippen LogP contribution >= 0.6 is 0 Å². The van der Waals surface area contributed by atoms with Crippen LogP contribution in [0.25, 0.3) is 22.5 Å². The van der Waals surface area contributed by atoms with Gasteiger partial charge in [-0.15, -0.1) is 0 Å². The summed E-state index contributed by atoms with van der Waals surface area (Å²) in [5.41, 5.74) is 6.77. The molecule has 5 heteroatoms. The molecule has 3 aromatic rings. The van der Waals surface area contributed by atoms with Crippen LogP contribution in [0.5, 0.6) is 0 Å². The minimum Gasteiger partial charge on any atom is -0.342 e. The van der Waals surface area contributed by atoms with Crippen LogP contribution in [0.4, 0.5) is 0 Å². The maximum Gasteiger partial charge on any atom is 0.226 e. The molecule has 1 saturated heterocycles. The summed E-state index contributed by atoms with van der Waals surface area (Å²) in [5.74, 6) is 1.17. The Bertz CT molecular complexity index is 1190. The van der Waals surface area contributed by atoms with Crippen molar-refractivity contribution in [1.82, 2.24) is 19.9 Å². The molecule has 1 unspecified atom stereocenters. The monoisotopic (exact) mass is 452 g/mol. The Kier molecular flexibility index (Phi) is 6.79. The molecule has 0 saturated carbocycles. The van der Waals surface area contributed by atoms with Crippen molar-refractivity contribution >= 4 is 5.91 Å². The molecule has 5 nitrogen and oxygen atoms in total. The van der Waals surface area contributed by atoms with Crippen LogP contribution in [0, 0.1) is 6.92 Å². The summed E-state index contributed by atoms with van der Waals surface area (Å²) >= 11 is 0. The molecule has 1 atom stereocenters. The highest BCUT2D eigenvalue weighted by molar-refractivity contribution is 5.79. The first-order valence-corrected chi connectivity index (χ1v) is 12.5. The molecule has 1 fully saturated rings. The lowest BCUT2D eigenvalue weighted by Gasteiger charge is -2.34. The van der Waals surface area contributed by atoms with Crippen LogP contribution in [0.1, 0.15) is 62.1 Å². The first-order chi connectivity index (χ1) is 16.7. The molecule has 0 N–H and O–H groups in total. The Morgan fingerprint density at radius 1 is 1.06 bits per heavy atom. The quantitative estimate of drug-likeness (QED) is 0.438. The molecule has 0 spiro atoms. The summed E-state index contributed by atoms with van der Waals surface area (Å²) in [6.07, 6.45) is 15.0. The lowest BCUT2D eigenvalue weighted by molar-refractivity contribution is -0.131. The van der Waals surface area contributed by atoms with Gasteiger partial charge in [-0.05, 0) is 68.7 Å². The molecule has 174 valence electrons. The summed E-state index contributed by atoms with van der Waals surface area (Å²) in [6.45, 7) is 3.69. The van der Waals surface area contributed by atoms with E-state index in [1.165, 1.54) is 24.0 Å². The van der Waals surface area contributed by atoms with Crippen LogP contribution < -0.4 is 0 Å². The first-order valence-electron chi connectivity index (χ1n) is 12.5. The second-order valence-electron chi connectivity index (χ2n) is 9.51. The molecule has 0 bridgehead atoms. The van der Waals surface area contributed by atoms with Gasteiger partial charge in [-0.1, -0.05) is 35.9 Å². The highest BCUT2D eigenvalue weighted by atomic mass is 16.2. The molecule has 0 radical (unpaired) electrons. The summed E-state index contributed by atoms with van der Waals surface area (Å²) in [5, 5.41) is 0. The van der Waals surface area contributed by atoms with Crippen molar-refractivity contribution in [2.45, 2.75) is 57.8 Å². The van der Waals surface area contributed by atoms with Gasteiger partial charge in [0.05, 0.1) is 5.69 Å². The zero-order valence-electron chi connectivity index (χ0n) is 19.9. The van der Waals surface area contributed by atoms with E-state index in [9.17, 15) is 4.79 Å². The predicted octanol–water partition coefficient (Wildman–Crippen LogP) is 6.11. The third-order valence-corrected chi connectivity index (χ3v) is 7.12. The number of aryl methyl sites for hydroxylation is 1. The van der Waals surface area contributed by atoms with Crippen LogP contribution in [0.2, 0.25) is 0 Å². The van der Waals surface area contributed by atoms with Crippen LogP contribution in [0.15, 0.2) is 66.6 Å². The van der Waals surface area contributed by atoms with Crippen molar-refractivity contribution in [3.8, 4) is 22.5 Å². The lowest BCUT2D eigenvalue weighted by Crippen LogP contribution is -2.39. The van der Waals surface area contributed by atoms with Crippen LogP contribution in [-0.4, -0.2) is 38.8 Å². The van der Waals surface area contributed by atoms with Crippen LogP contribution in [-0.2, 0) is 4.79 Å². The van der Waals surface area contributed by atoms with E-state index in [0.717, 1.165) is 61.2 Å². The fraction of sp³-hybridized carbons (Fsp3) is 0.379. The van der Waals surface area contributed by atoms with E-state index in [2.05, 4.69) is 47.1 Å². The molecule has 2 aromatic heterocycles. The molecule has 1 amide bonds. The Morgan fingerprint density at radius 2 is 1.91 bits per heavy atom. The second kappa shape index (κ2) is 10.3. The fourth-order valence-corrected chi connectivity index (χ4v) is 5.23. The minimum atomic E-state index is 0.191. The normalized spacial score (nSPS) is 18.4. The van der Waals surface area contributed by atoms with E-state index >= 15 is 0 Å². The SMILES string of the molecule is Cc1ccccc1-c1cnc(-c2ccncc2)nc1C1CCCN(C(=O)CC2=CCCCC2)C1. The summed E-state index contributed by atoms with van der Waals surface area (Å²) < 4.78 is 0. The average Bonchev–Trinajstić information content (AvgIpc) is 2.90. The van der Waals surface area contributed by atoms with Gasteiger partial charge in [0.1, 0.15) is 0 Å². The maximum atomic E-state index is 13.2. The number of allylic oxidation sites excluding steroid dienone is 1. The van der Waals surface area contributed by atoms with Gasteiger partial charge in [0.2, 0.25) is 5.91 Å². The number of hydrogen-bond acceptors (Lipinski definition) is 4. The Balaban J connectivity index is 1.47. The number of aromatic nitrogens is 3. The molecular weight excluding hydrogens is 420 g/mol. The summed E-state index contributed by atoms with van der Waals surface area (Å²) in [7, 11) is 0. The molecule has 5 rings (SSSR count). The zero-order chi connectivity index (χ0) is 23.3. The van der Waals surface area contributed by atoms with Gasteiger partial charge in [0.25, 0.3) is 0 Å². The van der Waals surface area contributed by atoms with Crippen molar-refractivity contribution < 1.29 is 4.79 Å². The summed E-state index contributed by atoms with van der Waals surface area (Å²) in [6, 6.07) is 12.3. The number of rotatable bonds is 5. The Hall–Kier alpha value is -3.34. The number of pyridine rings is 1. The number of carbonyl (C=O) groups is 1. The van der Waals surface area contributed by atoms with Gasteiger partial charge in [-0.25, -0.2) is 9.97 Å². The van der Waals surface area contributed by atoms with Gasteiger partial charge in [-0.2, -0.15) is 0 Å². The Labute approximate surface area is 202 Å².